The van der Waals surface area contributed by atoms with Crippen LogP contribution >= 0.6 is 0 Å². The molecule has 1 atom stereocenters. The van der Waals surface area contributed by atoms with Gasteiger partial charge in [-0.15, -0.1) is 0 Å². The minimum absolute atomic E-state index is 0.236. The zero-order valence-electron chi connectivity index (χ0n) is 9.95. The van der Waals surface area contributed by atoms with Gasteiger partial charge in [0.15, 0.2) is 0 Å². The maximum Gasteiger partial charge on any atom is 0.116 e. The summed E-state index contributed by atoms with van der Waals surface area (Å²) in [5.41, 5.74) is 1.13. The number of nitrogens with zero attached hydrogens (tertiary/aromatic N) is 1. The molecule has 104 valence electrons. The molecule has 0 aromatic carbocycles. The molecule has 0 bridgehead atoms. The second-order valence-electron chi connectivity index (χ2n) is 3.87. The smallest absolute Gasteiger partial charge is 0.116 e. The summed E-state index contributed by atoms with van der Waals surface area (Å²) >= 11 is 0. The van der Waals surface area contributed by atoms with Crippen LogP contribution < -0.4 is 0 Å². The fourth-order valence-corrected chi connectivity index (χ4v) is 2.28. The third kappa shape index (κ3) is 2.41. The summed E-state index contributed by atoms with van der Waals surface area (Å²) < 4.78 is 0. The Labute approximate surface area is 105 Å². The lowest BCUT2D eigenvalue weighted by atomic mass is 9.89. The van der Waals surface area contributed by atoms with E-state index in [1.807, 2.05) is 0 Å². The van der Waals surface area contributed by atoms with Crippen LogP contribution in [0.4, 0.5) is 0 Å². The summed E-state index contributed by atoms with van der Waals surface area (Å²) in [5, 5.41) is 55.9. The van der Waals surface area contributed by atoms with Crippen molar-refractivity contribution in [2.45, 2.75) is 6.04 Å². The van der Waals surface area contributed by atoms with Gasteiger partial charge in [0.05, 0.1) is 39.1 Å². The van der Waals surface area contributed by atoms with E-state index in [2.05, 4.69) is 0 Å². The topological polar surface area (TPSA) is 125 Å². The van der Waals surface area contributed by atoms with Crippen molar-refractivity contribution in [1.29, 1.82) is 0 Å². The fraction of sp³-hybridized carbons (Fsp3) is 0.636. The second-order valence-corrected chi connectivity index (χ2v) is 3.87. The van der Waals surface area contributed by atoms with Crippen molar-refractivity contribution in [3.8, 4) is 0 Å². The maximum absolute atomic E-state index is 9.33. The average molecular weight is 261 g/mol. The van der Waals surface area contributed by atoms with E-state index in [-0.39, 0.29) is 17.9 Å². The number of rotatable bonds is 6. The average Bonchev–Trinajstić information content (AvgIpc) is 2.43. The first-order valence-corrected chi connectivity index (χ1v) is 5.56. The molecular formula is C11H19NO6. The van der Waals surface area contributed by atoms with Crippen molar-refractivity contribution in [3.63, 3.8) is 0 Å². The third-order valence-corrected chi connectivity index (χ3v) is 3.19. The van der Waals surface area contributed by atoms with Gasteiger partial charge in [0.25, 0.3) is 0 Å². The molecular weight excluding hydrogens is 242 g/mol. The van der Waals surface area contributed by atoms with Crippen LogP contribution in [0.1, 0.15) is 0 Å². The van der Waals surface area contributed by atoms with Crippen LogP contribution in [0.15, 0.2) is 22.4 Å². The van der Waals surface area contributed by atoms with Gasteiger partial charge in [0.1, 0.15) is 6.73 Å². The Morgan fingerprint density at radius 3 is 1.72 bits per heavy atom. The first-order chi connectivity index (χ1) is 8.69. The molecule has 0 saturated heterocycles. The highest BCUT2D eigenvalue weighted by Crippen LogP contribution is 2.31. The predicted octanol–water partition coefficient (Wildman–Crippen LogP) is -2.87. The highest BCUT2D eigenvalue weighted by molar-refractivity contribution is 5.45. The van der Waals surface area contributed by atoms with Crippen LogP contribution in [-0.2, 0) is 0 Å². The van der Waals surface area contributed by atoms with E-state index >= 15 is 0 Å². The van der Waals surface area contributed by atoms with Gasteiger partial charge in [-0.05, 0) is 11.1 Å². The summed E-state index contributed by atoms with van der Waals surface area (Å²) in [6.07, 6.45) is 0. The van der Waals surface area contributed by atoms with E-state index in [9.17, 15) is 30.6 Å². The largest absolute Gasteiger partial charge is 0.394 e. The molecule has 1 aliphatic rings. The van der Waals surface area contributed by atoms with Crippen molar-refractivity contribution >= 4 is 0 Å². The summed E-state index contributed by atoms with van der Waals surface area (Å²) in [4.78, 5) is 1.29. The predicted molar refractivity (Wildman–Crippen MR) is 62.2 cm³/mol. The maximum atomic E-state index is 9.33. The Kier molecular flexibility index (Phi) is 5.73. The van der Waals surface area contributed by atoms with E-state index < -0.39 is 39.2 Å². The van der Waals surface area contributed by atoms with Crippen molar-refractivity contribution in [3.05, 3.63) is 22.4 Å². The number of aliphatic hydroxyl groups is 6. The van der Waals surface area contributed by atoms with Crippen LogP contribution in [0.2, 0.25) is 0 Å². The Bertz CT molecular complexity index is 317. The summed E-state index contributed by atoms with van der Waals surface area (Å²) in [5.74, 6) is 0. The molecule has 0 aromatic rings. The molecule has 0 saturated carbocycles. The molecule has 6 N–H and O–H groups in total. The summed E-state index contributed by atoms with van der Waals surface area (Å²) in [6, 6.07) is -0.723. The monoisotopic (exact) mass is 261 g/mol. The molecule has 7 heteroatoms. The highest BCUT2D eigenvalue weighted by atomic mass is 16.3. The van der Waals surface area contributed by atoms with Crippen molar-refractivity contribution < 1.29 is 30.6 Å². The Balaban J connectivity index is 3.39. The van der Waals surface area contributed by atoms with Crippen molar-refractivity contribution in [2.75, 3.05) is 39.8 Å². The van der Waals surface area contributed by atoms with Crippen molar-refractivity contribution in [2.24, 2.45) is 0 Å². The Morgan fingerprint density at radius 2 is 1.39 bits per heavy atom. The molecule has 7 nitrogen and oxygen atoms in total. The van der Waals surface area contributed by atoms with E-state index in [1.165, 1.54) is 4.90 Å². The fourth-order valence-electron chi connectivity index (χ4n) is 2.28. The number of hydrogen-bond acceptors (Lipinski definition) is 7. The molecule has 1 aliphatic heterocycles. The molecule has 1 unspecified atom stereocenters. The lowest BCUT2D eigenvalue weighted by Crippen LogP contribution is -2.45. The lowest BCUT2D eigenvalue weighted by Gasteiger charge is -2.39. The summed E-state index contributed by atoms with van der Waals surface area (Å²) in [7, 11) is 0. The van der Waals surface area contributed by atoms with Crippen LogP contribution in [0, 0.1) is 0 Å². The number of aliphatic hydroxyl groups excluding tert-OH is 6. The van der Waals surface area contributed by atoms with Crippen LogP contribution in [0.3, 0.4) is 0 Å². The Morgan fingerprint density at radius 1 is 0.778 bits per heavy atom. The lowest BCUT2D eigenvalue weighted by molar-refractivity contribution is 0.0604. The van der Waals surface area contributed by atoms with Gasteiger partial charge < -0.3 is 35.5 Å². The zero-order chi connectivity index (χ0) is 13.7. The first kappa shape index (κ1) is 15.1. The third-order valence-electron chi connectivity index (χ3n) is 3.19. The van der Waals surface area contributed by atoms with E-state index in [1.54, 1.807) is 0 Å². The normalized spacial score (nSPS) is 21.0. The Hall–Kier alpha value is -0.960. The molecule has 0 aromatic heterocycles. The molecule has 0 radical (unpaired) electrons. The van der Waals surface area contributed by atoms with Gasteiger partial charge in [-0.25, -0.2) is 0 Å². The van der Waals surface area contributed by atoms with E-state index in [0.717, 1.165) is 0 Å². The van der Waals surface area contributed by atoms with Gasteiger partial charge in [0.2, 0.25) is 0 Å². The van der Waals surface area contributed by atoms with Gasteiger partial charge in [0, 0.05) is 11.3 Å². The zero-order valence-corrected chi connectivity index (χ0v) is 9.95. The first-order valence-electron chi connectivity index (χ1n) is 5.56. The molecule has 0 fully saturated rings. The minimum atomic E-state index is -0.723. The van der Waals surface area contributed by atoms with Crippen molar-refractivity contribution in [1.82, 2.24) is 4.90 Å². The minimum Gasteiger partial charge on any atom is -0.394 e. The molecule has 0 amide bonds. The highest BCUT2D eigenvalue weighted by Gasteiger charge is 2.32. The quantitative estimate of drug-likeness (QED) is 0.304. The van der Waals surface area contributed by atoms with Crippen LogP contribution in [-0.4, -0.2) is 81.3 Å². The molecule has 0 spiro atoms. The molecule has 18 heavy (non-hydrogen) atoms. The van der Waals surface area contributed by atoms with Gasteiger partial charge in [-0.3, -0.25) is 0 Å². The summed E-state index contributed by atoms with van der Waals surface area (Å²) in [6.45, 7) is -2.60. The molecule has 1 rings (SSSR count). The van der Waals surface area contributed by atoms with Gasteiger partial charge in [-0.1, -0.05) is 0 Å². The SMILES string of the molecule is OCC1=C(CO)C(CO)N(CO)C(CO)=C1CO. The van der Waals surface area contributed by atoms with Gasteiger partial charge in [-0.2, -0.15) is 0 Å². The molecule has 0 aliphatic carbocycles. The standard InChI is InChI=1S/C11H19NO6/c13-1-7-8(2-14)10(4-16)12(6-18)11(5-17)9(7)3-15/h10,13-18H,1-6H2. The van der Waals surface area contributed by atoms with E-state index in [0.29, 0.717) is 11.1 Å². The molecule has 1 heterocycles. The van der Waals surface area contributed by atoms with Gasteiger partial charge >= 0.3 is 0 Å². The van der Waals surface area contributed by atoms with Crippen LogP contribution in [0.25, 0.3) is 0 Å². The van der Waals surface area contributed by atoms with E-state index in [4.69, 9.17) is 0 Å². The van der Waals surface area contributed by atoms with Crippen LogP contribution in [0.5, 0.6) is 0 Å². The number of hydrogen-bond donors (Lipinski definition) is 6. The second kappa shape index (κ2) is 6.83.